The van der Waals surface area contributed by atoms with Crippen molar-refractivity contribution in [2.24, 2.45) is 4.99 Å². The molecule has 2 heterocycles. The first-order valence-corrected chi connectivity index (χ1v) is 14.7. The molecule has 224 valence electrons. The summed E-state index contributed by atoms with van der Waals surface area (Å²) in [4.78, 5) is 48.5. The van der Waals surface area contributed by atoms with Gasteiger partial charge in [-0.3, -0.25) is 18.9 Å². The van der Waals surface area contributed by atoms with Crippen LogP contribution in [0.15, 0.2) is 53.0 Å². The molecule has 0 radical (unpaired) electrons. The van der Waals surface area contributed by atoms with Crippen LogP contribution in [-0.4, -0.2) is 81.9 Å². The number of rotatable bonds is 8. The van der Waals surface area contributed by atoms with Crippen LogP contribution in [0.25, 0.3) is 17.2 Å². The Morgan fingerprint density at radius 1 is 1.00 bits per heavy atom. The highest BCUT2D eigenvalue weighted by atomic mass is 19.1. The SMILES string of the molecule is CCCN(CCCF)C(=O)C1=Cc2ccc(-c3ccc(C(=O)N4CCCC4)cc3)cc2N=C(N(C(=O)O)C(C)(C)C)C1. The van der Waals surface area contributed by atoms with E-state index < -0.39 is 18.3 Å². The average molecular weight is 577 g/mol. The van der Waals surface area contributed by atoms with Gasteiger partial charge in [-0.05, 0) is 81.9 Å². The van der Waals surface area contributed by atoms with E-state index in [0.717, 1.165) is 43.5 Å². The van der Waals surface area contributed by atoms with E-state index in [1.807, 2.05) is 54.3 Å². The van der Waals surface area contributed by atoms with Crippen LogP contribution >= 0.6 is 0 Å². The number of hydrogen-bond donors (Lipinski definition) is 1. The van der Waals surface area contributed by atoms with E-state index in [2.05, 4.69) is 0 Å². The van der Waals surface area contributed by atoms with Crippen molar-refractivity contribution < 1.29 is 23.9 Å². The van der Waals surface area contributed by atoms with Gasteiger partial charge in [0.2, 0.25) is 5.91 Å². The van der Waals surface area contributed by atoms with Crippen LogP contribution in [0.1, 0.15) is 75.7 Å². The summed E-state index contributed by atoms with van der Waals surface area (Å²) in [6.45, 7) is 9.14. The lowest BCUT2D eigenvalue weighted by Gasteiger charge is -2.34. The Bertz CT molecular complexity index is 1370. The van der Waals surface area contributed by atoms with Crippen LogP contribution < -0.4 is 0 Å². The summed E-state index contributed by atoms with van der Waals surface area (Å²) in [5, 5.41) is 10.2. The third kappa shape index (κ3) is 7.06. The van der Waals surface area contributed by atoms with Gasteiger partial charge in [0.05, 0.1) is 12.4 Å². The molecule has 1 saturated heterocycles. The van der Waals surface area contributed by atoms with E-state index in [1.54, 1.807) is 31.7 Å². The molecule has 2 aromatic rings. The Morgan fingerprint density at radius 3 is 2.26 bits per heavy atom. The molecule has 0 aliphatic carbocycles. The van der Waals surface area contributed by atoms with Crippen LogP contribution in [0.2, 0.25) is 0 Å². The third-order valence-electron chi connectivity index (χ3n) is 7.55. The molecule has 1 N–H and O–H groups in total. The second-order valence-electron chi connectivity index (χ2n) is 11.8. The van der Waals surface area contributed by atoms with Gasteiger partial charge in [-0.2, -0.15) is 0 Å². The van der Waals surface area contributed by atoms with E-state index in [1.165, 1.54) is 4.90 Å². The second-order valence-corrected chi connectivity index (χ2v) is 11.8. The summed E-state index contributed by atoms with van der Waals surface area (Å²) in [5.41, 5.74) is 3.23. The van der Waals surface area contributed by atoms with Crippen molar-refractivity contribution in [3.8, 4) is 11.1 Å². The highest BCUT2D eigenvalue weighted by Gasteiger charge is 2.34. The number of carbonyl (C=O) groups is 3. The summed E-state index contributed by atoms with van der Waals surface area (Å²) < 4.78 is 13.0. The summed E-state index contributed by atoms with van der Waals surface area (Å²) in [6.07, 6.45) is 3.67. The number of fused-ring (bicyclic) bond motifs is 1. The monoisotopic (exact) mass is 576 g/mol. The molecule has 2 aliphatic heterocycles. The molecular weight excluding hydrogens is 535 g/mol. The van der Waals surface area contributed by atoms with Crippen LogP contribution in [0.3, 0.4) is 0 Å². The highest BCUT2D eigenvalue weighted by Crippen LogP contribution is 2.34. The third-order valence-corrected chi connectivity index (χ3v) is 7.55. The Balaban J connectivity index is 1.74. The number of alkyl halides is 1. The summed E-state index contributed by atoms with van der Waals surface area (Å²) in [7, 11) is 0. The van der Waals surface area contributed by atoms with Crippen molar-refractivity contribution in [3.05, 3.63) is 59.2 Å². The van der Waals surface area contributed by atoms with E-state index in [0.29, 0.717) is 28.9 Å². The maximum atomic E-state index is 13.7. The van der Waals surface area contributed by atoms with Crippen LogP contribution in [0, 0.1) is 0 Å². The number of carbonyl (C=O) groups excluding carboxylic acids is 2. The smallest absolute Gasteiger partial charge is 0.413 e. The van der Waals surface area contributed by atoms with Crippen LogP contribution in [0.5, 0.6) is 0 Å². The fourth-order valence-corrected chi connectivity index (χ4v) is 5.53. The maximum Gasteiger partial charge on any atom is 0.413 e. The Labute approximate surface area is 247 Å². The highest BCUT2D eigenvalue weighted by molar-refractivity contribution is 6.09. The Kier molecular flexibility index (Phi) is 9.81. The number of carboxylic acid groups (broad SMARTS) is 1. The first-order valence-electron chi connectivity index (χ1n) is 14.7. The van der Waals surface area contributed by atoms with Crippen molar-refractivity contribution in [2.75, 3.05) is 32.9 Å². The summed E-state index contributed by atoms with van der Waals surface area (Å²) >= 11 is 0. The first-order chi connectivity index (χ1) is 20.0. The summed E-state index contributed by atoms with van der Waals surface area (Å²) in [6, 6.07) is 13.2. The Hall–Kier alpha value is -4.01. The zero-order chi connectivity index (χ0) is 30.4. The quantitative estimate of drug-likeness (QED) is 0.375. The van der Waals surface area contributed by atoms with Gasteiger partial charge in [0.15, 0.2) is 0 Å². The molecule has 0 aromatic heterocycles. The van der Waals surface area contributed by atoms with Crippen LogP contribution in [0.4, 0.5) is 14.9 Å². The normalized spacial score (nSPS) is 14.9. The lowest BCUT2D eigenvalue weighted by Crippen LogP contribution is -2.49. The van der Waals surface area contributed by atoms with Gasteiger partial charge in [-0.15, -0.1) is 0 Å². The minimum atomic E-state index is -1.16. The van der Waals surface area contributed by atoms with Gasteiger partial charge in [-0.1, -0.05) is 31.2 Å². The van der Waals surface area contributed by atoms with Crippen molar-refractivity contribution in [2.45, 2.75) is 65.3 Å². The molecule has 0 saturated carbocycles. The zero-order valence-electron chi connectivity index (χ0n) is 25.0. The molecule has 0 spiro atoms. The predicted molar refractivity (Wildman–Crippen MR) is 164 cm³/mol. The standard InChI is InChI=1S/C33H41FN4O4/c1-5-16-36(19-8-15-34)31(40)27-20-26-14-13-25(21-28(26)35-29(22-27)38(32(41)42)33(2,3)4)23-9-11-24(12-10-23)30(39)37-17-6-7-18-37/h9-14,20-21H,5-8,15-19,22H2,1-4H3,(H,41,42). The number of likely N-dealkylation sites (tertiary alicyclic amines) is 1. The molecule has 42 heavy (non-hydrogen) atoms. The largest absolute Gasteiger partial charge is 0.465 e. The van der Waals surface area contributed by atoms with Crippen molar-refractivity contribution in [3.63, 3.8) is 0 Å². The number of amides is 3. The first kappa shape index (κ1) is 30.9. The molecule has 3 amide bonds. The van der Waals surface area contributed by atoms with Crippen molar-refractivity contribution >= 4 is 35.5 Å². The number of nitrogens with zero attached hydrogens (tertiary/aromatic N) is 4. The molecule has 1 fully saturated rings. The molecule has 4 rings (SSSR count). The molecule has 0 unspecified atom stereocenters. The maximum absolute atomic E-state index is 13.7. The fraction of sp³-hybridized carbons (Fsp3) is 0.455. The molecule has 0 bridgehead atoms. The van der Waals surface area contributed by atoms with Gasteiger partial charge in [0, 0.05) is 54.8 Å². The van der Waals surface area contributed by atoms with Crippen LogP contribution in [-0.2, 0) is 4.79 Å². The number of hydrogen-bond acceptors (Lipinski definition) is 4. The average Bonchev–Trinajstić information content (AvgIpc) is 3.42. The van der Waals surface area contributed by atoms with Gasteiger partial charge in [-0.25, -0.2) is 9.79 Å². The topological polar surface area (TPSA) is 93.5 Å². The van der Waals surface area contributed by atoms with Gasteiger partial charge >= 0.3 is 6.09 Å². The molecule has 8 nitrogen and oxygen atoms in total. The zero-order valence-corrected chi connectivity index (χ0v) is 25.0. The lowest BCUT2D eigenvalue weighted by atomic mass is 9.99. The number of halogens is 1. The van der Waals surface area contributed by atoms with E-state index in [9.17, 15) is 23.9 Å². The van der Waals surface area contributed by atoms with Gasteiger partial charge < -0.3 is 14.9 Å². The molecular formula is C33H41FN4O4. The van der Waals surface area contributed by atoms with Gasteiger partial charge in [0.1, 0.15) is 5.84 Å². The molecule has 2 aromatic carbocycles. The predicted octanol–water partition coefficient (Wildman–Crippen LogP) is 6.78. The minimum Gasteiger partial charge on any atom is -0.465 e. The lowest BCUT2D eigenvalue weighted by molar-refractivity contribution is -0.127. The number of aliphatic imine (C=N–C) groups is 1. The van der Waals surface area contributed by atoms with Crippen molar-refractivity contribution in [1.29, 1.82) is 0 Å². The molecule has 2 aliphatic rings. The fourth-order valence-electron chi connectivity index (χ4n) is 5.53. The minimum absolute atomic E-state index is 0.0234. The number of benzene rings is 2. The molecule has 9 heteroatoms. The number of amidine groups is 1. The second kappa shape index (κ2) is 13.3. The Morgan fingerprint density at radius 2 is 1.67 bits per heavy atom. The van der Waals surface area contributed by atoms with Gasteiger partial charge in [0.25, 0.3) is 5.91 Å². The molecule has 0 atom stereocenters. The van der Waals surface area contributed by atoms with E-state index >= 15 is 0 Å². The van der Waals surface area contributed by atoms with Crippen molar-refractivity contribution in [1.82, 2.24) is 14.7 Å². The van der Waals surface area contributed by atoms with E-state index in [4.69, 9.17) is 4.99 Å². The summed E-state index contributed by atoms with van der Waals surface area (Å²) in [5.74, 6) is 0.0450. The van der Waals surface area contributed by atoms with E-state index in [-0.39, 0.29) is 37.0 Å².